The van der Waals surface area contributed by atoms with Crippen molar-refractivity contribution in [3.63, 3.8) is 0 Å². The van der Waals surface area contributed by atoms with Crippen LogP contribution >= 0.6 is 0 Å². The molecule has 1 aromatic heterocycles. The number of oxazole rings is 1. The third-order valence-electron chi connectivity index (χ3n) is 4.36. The Morgan fingerprint density at radius 2 is 1.84 bits per heavy atom. The standard InChI is InChI=1S/C23H25N3O5/c1-3-24-22(28)15-30-19-10-9-16(11-20(19)29-2)13-25-21(27)12-18-14-31-23(26-18)17-7-5-4-6-8-17/h4-11,14H,3,12-13,15H2,1-2H3,(H,24,28)(H,25,27). The van der Waals surface area contributed by atoms with E-state index in [1.165, 1.54) is 13.4 Å². The van der Waals surface area contributed by atoms with Gasteiger partial charge in [-0.3, -0.25) is 9.59 Å². The van der Waals surface area contributed by atoms with E-state index in [1.807, 2.05) is 37.3 Å². The van der Waals surface area contributed by atoms with Gasteiger partial charge in [-0.05, 0) is 36.8 Å². The average Bonchev–Trinajstić information content (AvgIpc) is 3.25. The Morgan fingerprint density at radius 3 is 2.58 bits per heavy atom. The fraction of sp³-hybridized carbons (Fsp3) is 0.261. The number of hydrogen-bond acceptors (Lipinski definition) is 6. The molecule has 0 bridgehead atoms. The van der Waals surface area contributed by atoms with E-state index in [0.717, 1.165) is 11.1 Å². The lowest BCUT2D eigenvalue weighted by atomic mass is 10.2. The molecule has 0 unspecified atom stereocenters. The summed E-state index contributed by atoms with van der Waals surface area (Å²) in [4.78, 5) is 28.2. The first-order valence-corrected chi connectivity index (χ1v) is 9.92. The van der Waals surface area contributed by atoms with E-state index in [2.05, 4.69) is 15.6 Å². The molecule has 3 rings (SSSR count). The lowest BCUT2D eigenvalue weighted by Crippen LogP contribution is -2.28. The van der Waals surface area contributed by atoms with Crippen LogP contribution in [-0.2, 0) is 22.6 Å². The van der Waals surface area contributed by atoms with Gasteiger partial charge in [-0.15, -0.1) is 0 Å². The highest BCUT2D eigenvalue weighted by Crippen LogP contribution is 2.28. The molecule has 162 valence electrons. The van der Waals surface area contributed by atoms with Gasteiger partial charge in [0.05, 0.1) is 19.2 Å². The summed E-state index contributed by atoms with van der Waals surface area (Å²) in [5, 5.41) is 5.52. The highest BCUT2D eigenvalue weighted by molar-refractivity contribution is 5.78. The van der Waals surface area contributed by atoms with E-state index in [1.54, 1.807) is 18.2 Å². The molecular formula is C23H25N3O5. The summed E-state index contributed by atoms with van der Waals surface area (Å²) < 4.78 is 16.3. The van der Waals surface area contributed by atoms with Gasteiger partial charge in [0, 0.05) is 18.7 Å². The van der Waals surface area contributed by atoms with Crippen molar-refractivity contribution in [1.82, 2.24) is 15.6 Å². The minimum absolute atomic E-state index is 0.0943. The molecule has 0 atom stereocenters. The summed E-state index contributed by atoms with van der Waals surface area (Å²) in [5.74, 6) is 1.05. The van der Waals surface area contributed by atoms with Crippen LogP contribution < -0.4 is 20.1 Å². The number of carbonyl (C=O) groups is 2. The van der Waals surface area contributed by atoms with Crippen LogP contribution in [0, 0.1) is 0 Å². The van der Waals surface area contributed by atoms with Crippen molar-refractivity contribution in [2.45, 2.75) is 19.9 Å². The van der Waals surface area contributed by atoms with Crippen molar-refractivity contribution in [3.8, 4) is 23.0 Å². The zero-order valence-corrected chi connectivity index (χ0v) is 17.5. The van der Waals surface area contributed by atoms with Crippen molar-refractivity contribution in [3.05, 3.63) is 66.1 Å². The minimum atomic E-state index is -0.204. The van der Waals surface area contributed by atoms with E-state index in [9.17, 15) is 9.59 Å². The van der Waals surface area contributed by atoms with Gasteiger partial charge in [0.25, 0.3) is 5.91 Å². The molecule has 0 fully saturated rings. The normalized spacial score (nSPS) is 10.4. The molecule has 1 heterocycles. The Labute approximate surface area is 180 Å². The van der Waals surface area contributed by atoms with Crippen molar-refractivity contribution >= 4 is 11.8 Å². The molecule has 0 saturated heterocycles. The van der Waals surface area contributed by atoms with E-state index in [4.69, 9.17) is 13.9 Å². The largest absolute Gasteiger partial charge is 0.493 e. The predicted molar refractivity (Wildman–Crippen MR) is 115 cm³/mol. The maximum Gasteiger partial charge on any atom is 0.257 e. The first kappa shape index (κ1) is 21.9. The lowest BCUT2D eigenvalue weighted by Gasteiger charge is -2.12. The smallest absolute Gasteiger partial charge is 0.257 e. The third-order valence-corrected chi connectivity index (χ3v) is 4.36. The Morgan fingerprint density at radius 1 is 1.03 bits per heavy atom. The summed E-state index contributed by atoms with van der Waals surface area (Å²) in [6.45, 7) is 2.60. The number of hydrogen-bond donors (Lipinski definition) is 2. The van der Waals surface area contributed by atoms with E-state index in [0.29, 0.717) is 36.2 Å². The van der Waals surface area contributed by atoms with Crippen LogP contribution in [0.1, 0.15) is 18.2 Å². The van der Waals surface area contributed by atoms with Crippen molar-refractivity contribution in [2.24, 2.45) is 0 Å². The number of nitrogens with one attached hydrogen (secondary N) is 2. The van der Waals surface area contributed by atoms with Gasteiger partial charge in [0.1, 0.15) is 6.26 Å². The van der Waals surface area contributed by atoms with Gasteiger partial charge in [0.2, 0.25) is 11.8 Å². The molecule has 2 aromatic carbocycles. The number of benzene rings is 2. The molecule has 0 radical (unpaired) electrons. The second-order valence-electron chi connectivity index (χ2n) is 6.69. The second-order valence-corrected chi connectivity index (χ2v) is 6.69. The van der Waals surface area contributed by atoms with Gasteiger partial charge < -0.3 is 24.5 Å². The van der Waals surface area contributed by atoms with Crippen molar-refractivity contribution in [2.75, 3.05) is 20.3 Å². The summed E-state index contributed by atoms with van der Waals surface area (Å²) in [7, 11) is 1.52. The molecule has 3 aromatic rings. The predicted octanol–water partition coefficient (Wildman–Crippen LogP) is 2.72. The number of likely N-dealkylation sites (N-methyl/N-ethyl adjacent to an activating group) is 1. The maximum absolute atomic E-state index is 12.3. The molecule has 0 aliphatic heterocycles. The maximum atomic E-state index is 12.3. The molecule has 0 saturated carbocycles. The molecule has 2 amide bonds. The second kappa shape index (κ2) is 10.8. The lowest BCUT2D eigenvalue weighted by molar-refractivity contribution is -0.123. The number of amides is 2. The van der Waals surface area contributed by atoms with Crippen LogP contribution in [-0.4, -0.2) is 37.1 Å². The number of nitrogens with zero attached hydrogens (tertiary/aromatic N) is 1. The third kappa shape index (κ3) is 6.33. The van der Waals surface area contributed by atoms with Crippen LogP contribution in [0.2, 0.25) is 0 Å². The summed E-state index contributed by atoms with van der Waals surface area (Å²) >= 11 is 0. The quantitative estimate of drug-likeness (QED) is 0.520. The molecule has 2 N–H and O–H groups in total. The van der Waals surface area contributed by atoms with Crippen LogP contribution in [0.4, 0.5) is 0 Å². The number of ether oxygens (including phenoxy) is 2. The highest BCUT2D eigenvalue weighted by Gasteiger charge is 2.12. The summed E-state index contributed by atoms with van der Waals surface area (Å²) in [6, 6.07) is 14.8. The van der Waals surface area contributed by atoms with Crippen LogP contribution in [0.5, 0.6) is 11.5 Å². The highest BCUT2D eigenvalue weighted by atomic mass is 16.5. The summed E-state index contributed by atoms with van der Waals surface area (Å²) in [6.07, 6.45) is 1.60. The molecule has 8 nitrogen and oxygen atoms in total. The molecule has 8 heteroatoms. The zero-order chi connectivity index (χ0) is 22.1. The molecule has 0 aliphatic rings. The Hall–Kier alpha value is -3.81. The Bertz CT molecular complexity index is 1020. The van der Waals surface area contributed by atoms with Gasteiger partial charge in [-0.2, -0.15) is 0 Å². The average molecular weight is 423 g/mol. The van der Waals surface area contributed by atoms with Gasteiger partial charge in [0.15, 0.2) is 18.1 Å². The van der Waals surface area contributed by atoms with Crippen LogP contribution in [0.25, 0.3) is 11.5 Å². The molecular weight excluding hydrogens is 398 g/mol. The number of rotatable bonds is 10. The fourth-order valence-electron chi connectivity index (χ4n) is 2.86. The minimum Gasteiger partial charge on any atom is -0.493 e. The first-order valence-electron chi connectivity index (χ1n) is 9.92. The SMILES string of the molecule is CCNC(=O)COc1ccc(CNC(=O)Cc2coc(-c3ccccc3)n2)cc1OC. The first-order chi connectivity index (χ1) is 15.1. The van der Waals surface area contributed by atoms with E-state index in [-0.39, 0.29) is 24.8 Å². The fourth-order valence-corrected chi connectivity index (χ4v) is 2.86. The number of aromatic nitrogens is 1. The van der Waals surface area contributed by atoms with E-state index < -0.39 is 0 Å². The summed E-state index contributed by atoms with van der Waals surface area (Å²) in [5.41, 5.74) is 2.25. The monoisotopic (exact) mass is 423 g/mol. The Balaban J connectivity index is 1.53. The van der Waals surface area contributed by atoms with Crippen molar-refractivity contribution in [1.29, 1.82) is 0 Å². The van der Waals surface area contributed by atoms with Gasteiger partial charge in [-0.25, -0.2) is 4.98 Å². The topological polar surface area (TPSA) is 103 Å². The molecule has 0 spiro atoms. The van der Waals surface area contributed by atoms with Crippen molar-refractivity contribution < 1.29 is 23.5 Å². The Kier molecular flexibility index (Phi) is 7.64. The van der Waals surface area contributed by atoms with Crippen LogP contribution in [0.3, 0.4) is 0 Å². The van der Waals surface area contributed by atoms with Gasteiger partial charge >= 0.3 is 0 Å². The molecule has 31 heavy (non-hydrogen) atoms. The zero-order valence-electron chi connectivity index (χ0n) is 17.5. The molecule has 0 aliphatic carbocycles. The number of methoxy groups -OCH3 is 1. The van der Waals surface area contributed by atoms with E-state index >= 15 is 0 Å². The number of carbonyl (C=O) groups excluding carboxylic acids is 2. The van der Waals surface area contributed by atoms with Gasteiger partial charge in [-0.1, -0.05) is 24.3 Å². The van der Waals surface area contributed by atoms with Crippen LogP contribution in [0.15, 0.2) is 59.2 Å².